The molecule has 0 spiro atoms. The van der Waals surface area contributed by atoms with Crippen molar-refractivity contribution in [2.24, 2.45) is 5.92 Å². The molecule has 3 fully saturated rings. The Morgan fingerprint density at radius 3 is 2.36 bits per heavy atom. The first-order chi connectivity index (χ1) is 10.1. The molecule has 0 saturated carbocycles. The lowest BCUT2D eigenvalue weighted by Crippen LogP contribution is -2.55. The molecule has 0 radical (unpaired) electrons. The number of carbonyl (C=O) groups excluding carboxylic acids is 1. The number of nitrogens with zero attached hydrogens (tertiary/aromatic N) is 2. The molecule has 3 aliphatic rings. The number of benzene rings is 1. The third kappa shape index (κ3) is 3.47. The number of nitro benzene ring substituents is 1. The van der Waals surface area contributed by atoms with Crippen LogP contribution in [0.5, 0.6) is 0 Å². The summed E-state index contributed by atoms with van der Waals surface area (Å²) in [6.45, 7) is 2.14. The van der Waals surface area contributed by atoms with Gasteiger partial charge in [-0.3, -0.25) is 19.8 Å². The number of fused-ring (bicyclic) bond motifs is 3. The first kappa shape index (κ1) is 16.9. The molecular weight excluding hydrogens is 304 g/mol. The van der Waals surface area contributed by atoms with E-state index >= 15 is 0 Å². The van der Waals surface area contributed by atoms with Gasteiger partial charge in [0.2, 0.25) is 0 Å². The molecule has 3 aliphatic heterocycles. The van der Waals surface area contributed by atoms with Crippen LogP contribution in [0.1, 0.15) is 31.2 Å². The van der Waals surface area contributed by atoms with Crippen LogP contribution in [0.15, 0.2) is 24.3 Å². The minimum Gasteiger partial charge on any atom is -0.298 e. The molecule has 120 valence electrons. The topological polar surface area (TPSA) is 63.5 Å². The number of hydrogen-bond acceptors (Lipinski definition) is 4. The molecule has 4 rings (SSSR count). The van der Waals surface area contributed by atoms with Crippen molar-refractivity contribution in [2.75, 3.05) is 13.1 Å². The Bertz CT molecular complexity index is 539. The normalized spacial score (nSPS) is 26.5. The van der Waals surface area contributed by atoms with Gasteiger partial charge in [-0.15, -0.1) is 12.4 Å². The van der Waals surface area contributed by atoms with Crippen LogP contribution in [0, 0.1) is 16.0 Å². The molecule has 1 unspecified atom stereocenters. The fourth-order valence-electron chi connectivity index (χ4n) is 3.56. The van der Waals surface area contributed by atoms with E-state index in [1.54, 1.807) is 12.1 Å². The minimum absolute atomic E-state index is 0. The average molecular weight is 325 g/mol. The van der Waals surface area contributed by atoms with E-state index in [1.165, 1.54) is 0 Å². The van der Waals surface area contributed by atoms with Gasteiger partial charge in [0.15, 0.2) is 5.78 Å². The highest BCUT2D eigenvalue weighted by molar-refractivity contribution is 5.87. The zero-order valence-corrected chi connectivity index (χ0v) is 13.3. The Labute approximate surface area is 136 Å². The maximum atomic E-state index is 12.2. The molecule has 3 saturated heterocycles. The van der Waals surface area contributed by atoms with Gasteiger partial charge in [-0.1, -0.05) is 12.1 Å². The van der Waals surface area contributed by atoms with Gasteiger partial charge in [0.25, 0.3) is 5.69 Å². The number of non-ortho nitro benzene ring substituents is 1. The fourth-order valence-corrected chi connectivity index (χ4v) is 3.56. The molecule has 1 atom stereocenters. The molecule has 0 amide bonds. The Kier molecular flexibility index (Phi) is 5.53. The number of carbonyl (C=O) groups is 1. The van der Waals surface area contributed by atoms with Gasteiger partial charge in [-0.2, -0.15) is 0 Å². The van der Waals surface area contributed by atoms with Crippen LogP contribution in [0.25, 0.3) is 0 Å². The summed E-state index contributed by atoms with van der Waals surface area (Å²) in [5, 5.41) is 10.6. The molecule has 22 heavy (non-hydrogen) atoms. The maximum absolute atomic E-state index is 12.2. The summed E-state index contributed by atoms with van der Waals surface area (Å²) in [6.07, 6.45) is 4.82. The van der Waals surface area contributed by atoms with Crippen LogP contribution >= 0.6 is 12.4 Å². The lowest BCUT2D eigenvalue weighted by molar-refractivity contribution is -0.384. The standard InChI is InChI=1S/C16H20N2O3.ClH/c19-16-13-8-10-17(11-9-13)15(16)3-1-2-12-4-6-14(7-5-12)18(20)21;/h4-7,13,15H,1-3,8-11H2;1H. The van der Waals surface area contributed by atoms with Crippen LogP contribution in [-0.4, -0.2) is 34.7 Å². The lowest BCUT2D eigenvalue weighted by Gasteiger charge is -2.44. The average Bonchev–Trinajstić information content (AvgIpc) is 2.51. The fraction of sp³-hybridized carbons (Fsp3) is 0.562. The highest BCUT2D eigenvalue weighted by Gasteiger charge is 2.40. The summed E-state index contributed by atoms with van der Waals surface area (Å²) < 4.78 is 0. The Morgan fingerprint density at radius 1 is 1.18 bits per heavy atom. The summed E-state index contributed by atoms with van der Waals surface area (Å²) in [7, 11) is 0. The van der Waals surface area contributed by atoms with Crippen LogP contribution < -0.4 is 0 Å². The van der Waals surface area contributed by atoms with Crippen molar-refractivity contribution in [3.05, 3.63) is 39.9 Å². The van der Waals surface area contributed by atoms with E-state index in [-0.39, 0.29) is 29.1 Å². The summed E-state index contributed by atoms with van der Waals surface area (Å²) >= 11 is 0. The van der Waals surface area contributed by atoms with Crippen molar-refractivity contribution < 1.29 is 9.72 Å². The summed E-state index contributed by atoms with van der Waals surface area (Å²) in [6, 6.07) is 6.84. The number of piperidine rings is 3. The molecule has 2 bridgehead atoms. The zero-order chi connectivity index (χ0) is 14.8. The predicted octanol–water partition coefficient (Wildman–Crippen LogP) is 3.00. The number of aryl methyl sites for hydroxylation is 1. The summed E-state index contributed by atoms with van der Waals surface area (Å²) in [5.41, 5.74) is 1.23. The van der Waals surface area contributed by atoms with Crippen LogP contribution in [0.4, 0.5) is 5.69 Å². The third-order valence-electron chi connectivity index (χ3n) is 4.79. The second-order valence-electron chi connectivity index (χ2n) is 6.04. The summed E-state index contributed by atoms with van der Waals surface area (Å²) in [4.78, 5) is 24.8. The van der Waals surface area contributed by atoms with E-state index in [9.17, 15) is 14.9 Å². The van der Waals surface area contributed by atoms with Crippen LogP contribution in [0.3, 0.4) is 0 Å². The largest absolute Gasteiger partial charge is 0.298 e. The Morgan fingerprint density at radius 2 is 1.82 bits per heavy atom. The quantitative estimate of drug-likeness (QED) is 0.617. The molecule has 0 aromatic heterocycles. The summed E-state index contributed by atoms with van der Waals surface area (Å²) in [5.74, 6) is 0.746. The van der Waals surface area contributed by atoms with Crippen molar-refractivity contribution in [1.82, 2.24) is 4.90 Å². The van der Waals surface area contributed by atoms with Crippen LogP contribution in [0.2, 0.25) is 0 Å². The lowest BCUT2D eigenvalue weighted by atomic mass is 9.80. The van der Waals surface area contributed by atoms with Crippen LogP contribution in [-0.2, 0) is 11.2 Å². The molecule has 3 heterocycles. The molecule has 6 heteroatoms. The van der Waals surface area contributed by atoms with E-state index < -0.39 is 0 Å². The van der Waals surface area contributed by atoms with E-state index in [0.29, 0.717) is 11.7 Å². The monoisotopic (exact) mass is 324 g/mol. The second kappa shape index (κ2) is 7.20. The molecule has 1 aromatic carbocycles. The molecule has 1 aromatic rings. The van der Waals surface area contributed by atoms with Gasteiger partial charge < -0.3 is 0 Å². The van der Waals surface area contributed by atoms with Gasteiger partial charge in [0, 0.05) is 18.1 Å². The van der Waals surface area contributed by atoms with E-state index in [2.05, 4.69) is 4.90 Å². The van der Waals surface area contributed by atoms with Gasteiger partial charge in [0.05, 0.1) is 11.0 Å². The molecule has 0 aliphatic carbocycles. The van der Waals surface area contributed by atoms with Crippen molar-refractivity contribution in [3.63, 3.8) is 0 Å². The Balaban J connectivity index is 0.00000176. The van der Waals surface area contributed by atoms with Crippen molar-refractivity contribution in [1.29, 1.82) is 0 Å². The molecular formula is C16H21ClN2O3. The molecule has 0 N–H and O–H groups in total. The zero-order valence-electron chi connectivity index (χ0n) is 12.4. The number of hydrogen-bond donors (Lipinski definition) is 0. The van der Waals surface area contributed by atoms with Crippen molar-refractivity contribution in [3.8, 4) is 0 Å². The number of Topliss-reactive ketones (excluding diaryl/α,β-unsaturated/α-hetero) is 1. The van der Waals surface area contributed by atoms with E-state index in [0.717, 1.165) is 50.8 Å². The first-order valence-corrected chi connectivity index (χ1v) is 7.66. The molecule has 5 nitrogen and oxygen atoms in total. The third-order valence-corrected chi connectivity index (χ3v) is 4.79. The number of nitro groups is 1. The predicted molar refractivity (Wildman–Crippen MR) is 86.4 cm³/mol. The minimum atomic E-state index is -0.380. The highest BCUT2D eigenvalue weighted by atomic mass is 35.5. The van der Waals surface area contributed by atoms with Gasteiger partial charge >= 0.3 is 0 Å². The van der Waals surface area contributed by atoms with E-state index in [1.807, 2.05) is 12.1 Å². The van der Waals surface area contributed by atoms with Gasteiger partial charge in [-0.25, -0.2) is 0 Å². The number of rotatable bonds is 5. The number of ketones is 1. The van der Waals surface area contributed by atoms with Gasteiger partial charge in [-0.05, 0) is 50.8 Å². The van der Waals surface area contributed by atoms with Crippen molar-refractivity contribution in [2.45, 2.75) is 38.1 Å². The smallest absolute Gasteiger partial charge is 0.269 e. The highest BCUT2D eigenvalue weighted by Crippen LogP contribution is 2.31. The SMILES string of the molecule is Cl.O=C1C2CCN(CC2)C1CCCc1ccc([N+](=O)[O-])cc1. The van der Waals surface area contributed by atoms with Gasteiger partial charge in [0.1, 0.15) is 0 Å². The number of halogens is 1. The van der Waals surface area contributed by atoms with E-state index in [4.69, 9.17) is 0 Å². The second-order valence-corrected chi connectivity index (χ2v) is 6.04. The van der Waals surface area contributed by atoms with Crippen molar-refractivity contribution >= 4 is 23.9 Å². The maximum Gasteiger partial charge on any atom is 0.269 e. The Hall–Kier alpha value is -1.46. The first-order valence-electron chi connectivity index (χ1n) is 7.66.